The fourth-order valence-corrected chi connectivity index (χ4v) is 4.30. The van der Waals surface area contributed by atoms with Crippen LogP contribution in [0.1, 0.15) is 18.4 Å². The number of benzene rings is 2. The SMILES string of the molecule is CSc1ccccc1-c1[nH]c2cc(Cl)cc(Cl)c2c1CCCCN. The number of hydrogen-bond acceptors (Lipinski definition) is 2. The van der Waals surface area contributed by atoms with Gasteiger partial charge in [-0.2, -0.15) is 0 Å². The van der Waals surface area contributed by atoms with E-state index in [4.69, 9.17) is 28.9 Å². The Labute approximate surface area is 156 Å². The lowest BCUT2D eigenvalue weighted by atomic mass is 10.00. The molecule has 1 heterocycles. The van der Waals surface area contributed by atoms with E-state index in [0.29, 0.717) is 16.6 Å². The van der Waals surface area contributed by atoms with Crippen LogP contribution in [-0.2, 0) is 6.42 Å². The summed E-state index contributed by atoms with van der Waals surface area (Å²) < 4.78 is 0. The minimum Gasteiger partial charge on any atom is -0.354 e. The Morgan fingerprint density at radius 3 is 2.67 bits per heavy atom. The van der Waals surface area contributed by atoms with Crippen molar-refractivity contribution in [1.82, 2.24) is 4.98 Å². The highest BCUT2D eigenvalue weighted by Crippen LogP contribution is 2.39. The molecule has 0 aliphatic rings. The Kier molecular flexibility index (Phi) is 5.77. The number of nitrogens with one attached hydrogen (secondary N) is 1. The van der Waals surface area contributed by atoms with Crippen molar-refractivity contribution in [3.05, 3.63) is 52.0 Å². The molecule has 0 amide bonds. The quantitative estimate of drug-likeness (QED) is 0.399. The second-order valence-corrected chi connectivity index (χ2v) is 7.43. The summed E-state index contributed by atoms with van der Waals surface area (Å²) in [5.41, 5.74) is 10.2. The molecule has 0 saturated carbocycles. The van der Waals surface area contributed by atoms with Crippen LogP contribution in [0.5, 0.6) is 0 Å². The van der Waals surface area contributed by atoms with Gasteiger partial charge in [-0.05, 0) is 55.8 Å². The van der Waals surface area contributed by atoms with E-state index in [2.05, 4.69) is 35.5 Å². The molecular formula is C19H20Cl2N2S. The molecule has 2 aromatic carbocycles. The van der Waals surface area contributed by atoms with Crippen LogP contribution in [0.25, 0.3) is 22.2 Å². The third kappa shape index (κ3) is 3.45. The zero-order valence-electron chi connectivity index (χ0n) is 13.5. The Balaban J connectivity index is 2.22. The maximum absolute atomic E-state index is 6.52. The van der Waals surface area contributed by atoms with Crippen LogP contribution in [0, 0.1) is 0 Å². The zero-order chi connectivity index (χ0) is 17.1. The minimum atomic E-state index is 0.645. The number of aromatic nitrogens is 1. The van der Waals surface area contributed by atoms with Crippen molar-refractivity contribution in [3.8, 4) is 11.3 Å². The van der Waals surface area contributed by atoms with Crippen molar-refractivity contribution >= 4 is 45.9 Å². The van der Waals surface area contributed by atoms with Crippen LogP contribution in [-0.4, -0.2) is 17.8 Å². The first-order valence-electron chi connectivity index (χ1n) is 7.98. The lowest BCUT2D eigenvalue weighted by Crippen LogP contribution is -1.99. The first kappa shape index (κ1) is 17.7. The summed E-state index contributed by atoms with van der Waals surface area (Å²) in [6.45, 7) is 0.707. The van der Waals surface area contributed by atoms with Crippen LogP contribution in [0.15, 0.2) is 41.3 Å². The van der Waals surface area contributed by atoms with Crippen LogP contribution < -0.4 is 5.73 Å². The van der Waals surface area contributed by atoms with E-state index in [-0.39, 0.29) is 0 Å². The Morgan fingerprint density at radius 2 is 1.92 bits per heavy atom. The van der Waals surface area contributed by atoms with Crippen LogP contribution in [0.3, 0.4) is 0 Å². The maximum Gasteiger partial charge on any atom is 0.0517 e. The third-order valence-corrected chi connectivity index (χ3v) is 5.49. The third-order valence-electron chi connectivity index (χ3n) is 4.18. The Morgan fingerprint density at radius 1 is 1.12 bits per heavy atom. The van der Waals surface area contributed by atoms with Crippen molar-refractivity contribution < 1.29 is 0 Å². The van der Waals surface area contributed by atoms with Gasteiger partial charge in [0, 0.05) is 26.4 Å². The average molecular weight is 379 g/mol. The van der Waals surface area contributed by atoms with Crippen LogP contribution in [0.4, 0.5) is 0 Å². The topological polar surface area (TPSA) is 41.8 Å². The van der Waals surface area contributed by atoms with E-state index in [9.17, 15) is 0 Å². The average Bonchev–Trinajstić information content (AvgIpc) is 2.93. The lowest BCUT2D eigenvalue weighted by molar-refractivity contribution is 0.748. The van der Waals surface area contributed by atoms with Crippen molar-refractivity contribution in [2.45, 2.75) is 24.2 Å². The van der Waals surface area contributed by atoms with Gasteiger partial charge in [0.25, 0.3) is 0 Å². The van der Waals surface area contributed by atoms with E-state index < -0.39 is 0 Å². The molecule has 24 heavy (non-hydrogen) atoms. The van der Waals surface area contributed by atoms with Gasteiger partial charge < -0.3 is 10.7 Å². The summed E-state index contributed by atoms with van der Waals surface area (Å²) in [4.78, 5) is 4.79. The molecule has 0 aliphatic carbocycles. The first-order chi connectivity index (χ1) is 11.7. The number of unbranched alkanes of at least 4 members (excludes halogenated alkanes) is 1. The van der Waals surface area contributed by atoms with Gasteiger partial charge >= 0.3 is 0 Å². The predicted molar refractivity (Wildman–Crippen MR) is 108 cm³/mol. The summed E-state index contributed by atoms with van der Waals surface area (Å²) in [6.07, 6.45) is 5.08. The molecule has 0 atom stereocenters. The van der Waals surface area contributed by atoms with Gasteiger partial charge in [0.15, 0.2) is 0 Å². The van der Waals surface area contributed by atoms with Gasteiger partial charge in [0.1, 0.15) is 0 Å². The molecule has 0 bridgehead atoms. The van der Waals surface area contributed by atoms with E-state index in [1.165, 1.54) is 16.0 Å². The molecule has 3 rings (SSSR count). The molecule has 0 unspecified atom stereocenters. The van der Waals surface area contributed by atoms with Crippen molar-refractivity contribution in [2.24, 2.45) is 5.73 Å². The molecule has 126 valence electrons. The highest BCUT2D eigenvalue weighted by molar-refractivity contribution is 7.98. The van der Waals surface area contributed by atoms with Gasteiger partial charge in [-0.1, -0.05) is 41.4 Å². The number of halogens is 2. The molecule has 0 spiro atoms. The summed E-state index contributed by atoms with van der Waals surface area (Å²) in [5, 5.41) is 2.42. The molecular weight excluding hydrogens is 359 g/mol. The molecule has 1 aromatic heterocycles. The Bertz CT molecular complexity index is 858. The molecule has 2 nitrogen and oxygen atoms in total. The molecule has 0 fully saturated rings. The number of hydrogen-bond donors (Lipinski definition) is 2. The second-order valence-electron chi connectivity index (χ2n) is 5.73. The number of aryl methyl sites for hydroxylation is 1. The number of fused-ring (bicyclic) bond motifs is 1. The second kappa shape index (κ2) is 7.83. The maximum atomic E-state index is 6.52. The summed E-state index contributed by atoms with van der Waals surface area (Å²) in [7, 11) is 0. The number of aromatic amines is 1. The van der Waals surface area contributed by atoms with Crippen molar-refractivity contribution in [3.63, 3.8) is 0 Å². The first-order valence-corrected chi connectivity index (χ1v) is 9.96. The van der Waals surface area contributed by atoms with Gasteiger partial charge in [-0.25, -0.2) is 0 Å². The molecule has 3 N–H and O–H groups in total. The van der Waals surface area contributed by atoms with E-state index in [0.717, 1.165) is 35.9 Å². The van der Waals surface area contributed by atoms with E-state index in [1.807, 2.05) is 12.1 Å². The number of nitrogens with two attached hydrogens (primary N) is 1. The van der Waals surface area contributed by atoms with Crippen LogP contribution >= 0.6 is 35.0 Å². The lowest BCUT2D eigenvalue weighted by Gasteiger charge is -2.09. The highest BCUT2D eigenvalue weighted by atomic mass is 35.5. The molecule has 3 aromatic rings. The minimum absolute atomic E-state index is 0.645. The fraction of sp³-hybridized carbons (Fsp3) is 0.263. The smallest absolute Gasteiger partial charge is 0.0517 e. The van der Waals surface area contributed by atoms with Gasteiger partial charge in [-0.3, -0.25) is 0 Å². The molecule has 5 heteroatoms. The standard InChI is InChI=1S/C19H20Cl2N2S/c1-24-17-8-3-2-6-13(17)19-14(7-4-5-9-22)18-15(21)10-12(20)11-16(18)23-19/h2-3,6,8,10-11,23H,4-5,7,9,22H2,1H3. The molecule has 0 aliphatic heterocycles. The van der Waals surface area contributed by atoms with Gasteiger partial charge in [-0.15, -0.1) is 11.8 Å². The number of H-pyrrole nitrogens is 1. The predicted octanol–water partition coefficient (Wildman–Crippen LogP) is 6.15. The van der Waals surface area contributed by atoms with Crippen LogP contribution in [0.2, 0.25) is 10.0 Å². The fourth-order valence-electron chi connectivity index (χ4n) is 3.09. The molecule has 0 saturated heterocycles. The van der Waals surface area contributed by atoms with Gasteiger partial charge in [0.2, 0.25) is 0 Å². The number of rotatable bonds is 6. The largest absolute Gasteiger partial charge is 0.354 e. The summed E-state index contributed by atoms with van der Waals surface area (Å²) in [5.74, 6) is 0. The summed E-state index contributed by atoms with van der Waals surface area (Å²) in [6, 6.07) is 12.2. The summed E-state index contributed by atoms with van der Waals surface area (Å²) >= 11 is 14.5. The van der Waals surface area contributed by atoms with Crippen molar-refractivity contribution in [1.29, 1.82) is 0 Å². The van der Waals surface area contributed by atoms with E-state index >= 15 is 0 Å². The highest BCUT2D eigenvalue weighted by Gasteiger charge is 2.18. The van der Waals surface area contributed by atoms with E-state index in [1.54, 1.807) is 11.8 Å². The molecule has 0 radical (unpaired) electrons. The Hall–Kier alpha value is -1.13. The van der Waals surface area contributed by atoms with Crippen molar-refractivity contribution in [2.75, 3.05) is 12.8 Å². The van der Waals surface area contributed by atoms with Gasteiger partial charge in [0.05, 0.1) is 10.7 Å². The normalized spacial score (nSPS) is 11.3. The zero-order valence-corrected chi connectivity index (χ0v) is 15.9. The number of thioether (sulfide) groups is 1. The monoisotopic (exact) mass is 378 g/mol.